The zero-order chi connectivity index (χ0) is 22.1. The molecule has 0 radical (unpaired) electrons. The van der Waals surface area contributed by atoms with Gasteiger partial charge in [-0.3, -0.25) is 4.79 Å². The van der Waals surface area contributed by atoms with E-state index in [1.807, 2.05) is 6.92 Å². The van der Waals surface area contributed by atoms with Crippen molar-refractivity contribution in [1.82, 2.24) is 0 Å². The molecule has 0 fully saturated rings. The molecule has 0 atom stereocenters. The Hall–Kier alpha value is -3.62. The van der Waals surface area contributed by atoms with E-state index in [2.05, 4.69) is 5.32 Å². The van der Waals surface area contributed by atoms with Crippen molar-refractivity contribution in [2.75, 3.05) is 47.0 Å². The number of esters is 1. The molecule has 0 saturated heterocycles. The highest BCUT2D eigenvalue weighted by molar-refractivity contribution is 5.96. The second-order valence-corrected chi connectivity index (χ2v) is 5.84. The zero-order valence-corrected chi connectivity index (χ0v) is 17.6. The number of hydrogen-bond acceptors (Lipinski definition) is 8. The fourth-order valence-electron chi connectivity index (χ4n) is 2.63. The average molecular weight is 419 g/mol. The van der Waals surface area contributed by atoms with E-state index in [9.17, 15) is 9.59 Å². The number of benzene rings is 2. The summed E-state index contributed by atoms with van der Waals surface area (Å²) in [5.41, 5.74) is 0.629. The molecule has 0 aromatic heterocycles. The van der Waals surface area contributed by atoms with Crippen LogP contribution in [0.5, 0.6) is 28.7 Å². The van der Waals surface area contributed by atoms with Crippen LogP contribution in [0.25, 0.3) is 0 Å². The highest BCUT2D eigenvalue weighted by Gasteiger charge is 2.17. The standard InChI is InChI=1S/C21H25NO8/c1-6-29-15-8-7-13(9-16(15)25-2)21(24)30-12-19(23)22-14-10-17(26-3)20(28-5)18(11-14)27-4/h7-11H,6,12H2,1-5H3,(H,22,23). The first kappa shape index (κ1) is 22.7. The molecule has 2 rings (SSSR count). The minimum atomic E-state index is -0.670. The lowest BCUT2D eigenvalue weighted by atomic mass is 10.2. The first-order valence-corrected chi connectivity index (χ1v) is 9.05. The van der Waals surface area contributed by atoms with Crippen LogP contribution in [0, 0.1) is 0 Å². The summed E-state index contributed by atoms with van der Waals surface area (Å²) in [6.45, 7) is 1.82. The van der Waals surface area contributed by atoms with Crippen molar-refractivity contribution in [2.24, 2.45) is 0 Å². The lowest BCUT2D eigenvalue weighted by Crippen LogP contribution is -2.21. The minimum Gasteiger partial charge on any atom is -0.493 e. The van der Waals surface area contributed by atoms with Gasteiger partial charge in [0.15, 0.2) is 29.6 Å². The number of anilines is 1. The zero-order valence-electron chi connectivity index (χ0n) is 17.6. The van der Waals surface area contributed by atoms with Gasteiger partial charge in [0.2, 0.25) is 5.75 Å². The molecule has 162 valence electrons. The Labute approximate surface area is 174 Å². The summed E-state index contributed by atoms with van der Waals surface area (Å²) in [6, 6.07) is 7.77. The molecule has 0 aliphatic carbocycles. The molecule has 1 N–H and O–H groups in total. The first-order chi connectivity index (χ1) is 14.5. The van der Waals surface area contributed by atoms with E-state index < -0.39 is 18.5 Å². The molecule has 0 bridgehead atoms. The number of nitrogens with one attached hydrogen (secondary N) is 1. The van der Waals surface area contributed by atoms with Crippen LogP contribution >= 0.6 is 0 Å². The number of methoxy groups -OCH3 is 4. The molecule has 2 aromatic carbocycles. The van der Waals surface area contributed by atoms with Gasteiger partial charge in [0, 0.05) is 17.8 Å². The number of hydrogen-bond donors (Lipinski definition) is 1. The molecule has 0 heterocycles. The second kappa shape index (κ2) is 10.8. The quantitative estimate of drug-likeness (QED) is 0.587. The third-order valence-electron chi connectivity index (χ3n) is 3.98. The van der Waals surface area contributed by atoms with Crippen molar-refractivity contribution in [3.05, 3.63) is 35.9 Å². The van der Waals surface area contributed by atoms with Crippen LogP contribution in [0.4, 0.5) is 5.69 Å². The van der Waals surface area contributed by atoms with Crippen LogP contribution in [0.2, 0.25) is 0 Å². The number of amides is 1. The van der Waals surface area contributed by atoms with Crippen molar-refractivity contribution >= 4 is 17.6 Å². The summed E-state index contributed by atoms with van der Waals surface area (Å²) in [4.78, 5) is 24.5. The fourth-order valence-corrected chi connectivity index (χ4v) is 2.63. The summed E-state index contributed by atoms with van der Waals surface area (Å²) in [7, 11) is 5.89. The van der Waals surface area contributed by atoms with Crippen molar-refractivity contribution in [3.8, 4) is 28.7 Å². The van der Waals surface area contributed by atoms with Crippen molar-refractivity contribution in [2.45, 2.75) is 6.92 Å². The number of rotatable bonds is 10. The van der Waals surface area contributed by atoms with Crippen LogP contribution in [-0.4, -0.2) is 53.5 Å². The van der Waals surface area contributed by atoms with Crippen LogP contribution in [0.1, 0.15) is 17.3 Å². The Morgan fingerprint density at radius 3 is 2.00 bits per heavy atom. The molecule has 0 aliphatic heterocycles. The monoisotopic (exact) mass is 419 g/mol. The van der Waals surface area contributed by atoms with Crippen LogP contribution in [-0.2, 0) is 9.53 Å². The largest absolute Gasteiger partial charge is 0.493 e. The Morgan fingerprint density at radius 1 is 0.833 bits per heavy atom. The molecule has 0 unspecified atom stereocenters. The molecule has 1 amide bonds. The third kappa shape index (κ3) is 5.47. The molecule has 2 aromatic rings. The topological polar surface area (TPSA) is 102 Å². The van der Waals surface area contributed by atoms with E-state index in [-0.39, 0.29) is 5.56 Å². The first-order valence-electron chi connectivity index (χ1n) is 9.05. The molecule has 0 aliphatic rings. The normalized spacial score (nSPS) is 10.0. The van der Waals surface area contributed by atoms with Gasteiger partial charge in [0.1, 0.15) is 0 Å². The summed E-state index contributed by atoms with van der Waals surface area (Å²) in [5, 5.41) is 2.62. The fraction of sp³-hybridized carbons (Fsp3) is 0.333. The lowest BCUT2D eigenvalue weighted by Gasteiger charge is -2.14. The van der Waals surface area contributed by atoms with Gasteiger partial charge in [0.05, 0.1) is 40.6 Å². The third-order valence-corrected chi connectivity index (χ3v) is 3.98. The van der Waals surface area contributed by atoms with Crippen molar-refractivity contribution in [3.63, 3.8) is 0 Å². The van der Waals surface area contributed by atoms with Crippen LogP contribution < -0.4 is 29.0 Å². The summed E-state index contributed by atoms with van der Waals surface area (Å²) in [6.07, 6.45) is 0. The number of ether oxygens (including phenoxy) is 6. The van der Waals surface area contributed by atoms with E-state index in [0.717, 1.165) is 0 Å². The van der Waals surface area contributed by atoms with E-state index in [1.54, 1.807) is 18.2 Å². The molecule has 0 saturated carbocycles. The van der Waals surface area contributed by atoms with Crippen molar-refractivity contribution < 1.29 is 38.0 Å². The maximum absolute atomic E-state index is 12.3. The predicted octanol–water partition coefficient (Wildman–Crippen LogP) is 2.92. The maximum atomic E-state index is 12.3. The maximum Gasteiger partial charge on any atom is 0.338 e. The highest BCUT2D eigenvalue weighted by Crippen LogP contribution is 2.39. The Balaban J connectivity index is 2.03. The lowest BCUT2D eigenvalue weighted by molar-refractivity contribution is -0.119. The summed E-state index contributed by atoms with van der Waals surface area (Å²) < 4.78 is 31.4. The average Bonchev–Trinajstić information content (AvgIpc) is 2.77. The molecular formula is C21H25NO8. The van der Waals surface area contributed by atoms with Crippen LogP contribution in [0.3, 0.4) is 0 Å². The van der Waals surface area contributed by atoms with E-state index in [4.69, 9.17) is 28.4 Å². The van der Waals surface area contributed by atoms with E-state index in [0.29, 0.717) is 41.0 Å². The smallest absolute Gasteiger partial charge is 0.338 e. The second-order valence-electron chi connectivity index (χ2n) is 5.84. The minimum absolute atomic E-state index is 0.232. The van der Waals surface area contributed by atoms with Gasteiger partial charge >= 0.3 is 5.97 Å². The van der Waals surface area contributed by atoms with Gasteiger partial charge in [0.25, 0.3) is 5.91 Å². The summed E-state index contributed by atoms with van der Waals surface area (Å²) in [5.74, 6) is 0.863. The van der Waals surface area contributed by atoms with E-state index >= 15 is 0 Å². The van der Waals surface area contributed by atoms with Gasteiger partial charge in [-0.1, -0.05) is 0 Å². The van der Waals surface area contributed by atoms with E-state index in [1.165, 1.54) is 40.6 Å². The molecule has 30 heavy (non-hydrogen) atoms. The van der Waals surface area contributed by atoms with Crippen molar-refractivity contribution in [1.29, 1.82) is 0 Å². The van der Waals surface area contributed by atoms with Gasteiger partial charge in [-0.05, 0) is 25.1 Å². The van der Waals surface area contributed by atoms with Gasteiger partial charge in [-0.25, -0.2) is 4.79 Å². The predicted molar refractivity (Wildman–Crippen MR) is 109 cm³/mol. The Bertz CT molecular complexity index is 872. The number of carbonyl (C=O) groups is 2. The SMILES string of the molecule is CCOc1ccc(C(=O)OCC(=O)Nc2cc(OC)c(OC)c(OC)c2)cc1OC. The number of carbonyl (C=O) groups excluding carboxylic acids is 2. The molecular weight excluding hydrogens is 394 g/mol. The van der Waals surface area contributed by atoms with Gasteiger partial charge in [-0.15, -0.1) is 0 Å². The molecule has 9 nitrogen and oxygen atoms in total. The Morgan fingerprint density at radius 2 is 1.47 bits per heavy atom. The molecule has 9 heteroatoms. The molecule has 0 spiro atoms. The van der Waals surface area contributed by atoms with Gasteiger partial charge < -0.3 is 33.7 Å². The Kier molecular flexibility index (Phi) is 8.16. The highest BCUT2D eigenvalue weighted by atomic mass is 16.5. The van der Waals surface area contributed by atoms with Gasteiger partial charge in [-0.2, -0.15) is 0 Å². The summed E-state index contributed by atoms with van der Waals surface area (Å²) >= 11 is 0. The van der Waals surface area contributed by atoms with Crippen LogP contribution in [0.15, 0.2) is 30.3 Å².